The summed E-state index contributed by atoms with van der Waals surface area (Å²) in [6.07, 6.45) is 2.84. The average Bonchev–Trinajstić information content (AvgIpc) is 2.37. The van der Waals surface area contributed by atoms with Crippen molar-refractivity contribution >= 4 is 18.3 Å². The summed E-state index contributed by atoms with van der Waals surface area (Å²) >= 11 is 0. The number of benzene rings is 1. The minimum atomic E-state index is -0.905. The van der Waals surface area contributed by atoms with Gasteiger partial charge in [0, 0.05) is 5.92 Å². The highest BCUT2D eigenvalue weighted by Gasteiger charge is 2.27. The topological polar surface area (TPSA) is 104 Å². The molecule has 0 saturated heterocycles. The van der Waals surface area contributed by atoms with Gasteiger partial charge in [0.15, 0.2) is 0 Å². The van der Waals surface area contributed by atoms with E-state index in [1.54, 1.807) is 0 Å². The zero-order valence-corrected chi connectivity index (χ0v) is 11.6. The third kappa shape index (κ3) is 5.64. The molecule has 1 aromatic carbocycles. The fourth-order valence-electron chi connectivity index (χ4n) is 2.07. The lowest BCUT2D eigenvalue weighted by Gasteiger charge is -2.27. The normalized spacial score (nSPS) is 14.9. The summed E-state index contributed by atoms with van der Waals surface area (Å²) in [6.45, 7) is -0.250. The molecule has 0 radical (unpaired) electrons. The first-order chi connectivity index (χ1) is 10.1. The maximum atomic E-state index is 11.9. The van der Waals surface area contributed by atoms with Crippen LogP contribution in [0, 0.1) is 5.92 Å². The van der Waals surface area contributed by atoms with Crippen LogP contribution in [0.3, 0.4) is 0 Å². The highest BCUT2D eigenvalue weighted by atomic mass is 16.4. The number of carboxylic acids is 1. The van der Waals surface area contributed by atoms with Crippen LogP contribution < -0.4 is 5.32 Å². The number of carbonyl (C=O) groups is 3. The Labute approximate surface area is 122 Å². The molecule has 0 spiro atoms. The highest BCUT2D eigenvalue weighted by Crippen LogP contribution is 2.27. The number of hydrogen-bond donors (Lipinski definition) is 3. The van der Waals surface area contributed by atoms with E-state index in [2.05, 4.69) is 5.32 Å². The molecule has 1 aromatic rings. The lowest BCUT2D eigenvalue weighted by atomic mass is 9.84. The Morgan fingerprint density at radius 1 is 1.29 bits per heavy atom. The summed E-state index contributed by atoms with van der Waals surface area (Å²) in [5.74, 6) is -0.848. The highest BCUT2D eigenvalue weighted by molar-refractivity contribution is 5.80. The largest absolute Gasteiger partial charge is 0.483 e. The molecule has 0 aromatic heterocycles. The van der Waals surface area contributed by atoms with Crippen LogP contribution in [-0.2, 0) is 14.4 Å². The van der Waals surface area contributed by atoms with E-state index in [4.69, 9.17) is 15.0 Å². The van der Waals surface area contributed by atoms with Crippen LogP contribution in [-0.4, -0.2) is 28.6 Å². The zero-order chi connectivity index (χ0) is 15.7. The van der Waals surface area contributed by atoms with Gasteiger partial charge in [-0.25, -0.2) is 0 Å². The number of rotatable bonds is 5. The molecule has 21 heavy (non-hydrogen) atoms. The molecular formula is C15H19NO5. The Hall–Kier alpha value is -2.37. The third-order valence-electron chi connectivity index (χ3n) is 3.37. The number of nitrogens with one attached hydrogen (secondary N) is 1. The Bertz CT molecular complexity index is 470. The summed E-state index contributed by atoms with van der Waals surface area (Å²) < 4.78 is 0. The number of amides is 1. The van der Waals surface area contributed by atoms with Crippen LogP contribution in [0.1, 0.15) is 37.3 Å². The summed E-state index contributed by atoms with van der Waals surface area (Å²) in [5.41, 5.74) is 0.840. The van der Waals surface area contributed by atoms with Gasteiger partial charge in [-0.15, -0.1) is 0 Å². The van der Waals surface area contributed by atoms with E-state index in [1.807, 2.05) is 30.3 Å². The van der Waals surface area contributed by atoms with Crippen LogP contribution in [0.15, 0.2) is 30.3 Å². The van der Waals surface area contributed by atoms with Crippen LogP contribution in [0.5, 0.6) is 0 Å². The molecule has 2 rings (SSSR count). The van der Waals surface area contributed by atoms with Gasteiger partial charge in [0.25, 0.3) is 6.47 Å². The summed E-state index contributed by atoms with van der Waals surface area (Å²) in [5, 5.41) is 18.7. The van der Waals surface area contributed by atoms with Gasteiger partial charge in [-0.1, -0.05) is 36.8 Å². The second kappa shape index (κ2) is 8.73. The van der Waals surface area contributed by atoms with Crippen molar-refractivity contribution in [3.8, 4) is 0 Å². The molecule has 0 aliphatic heterocycles. The molecule has 1 atom stereocenters. The Morgan fingerprint density at radius 2 is 1.86 bits per heavy atom. The van der Waals surface area contributed by atoms with Crippen molar-refractivity contribution < 1.29 is 24.6 Å². The molecule has 3 N–H and O–H groups in total. The fraction of sp³-hybridized carbons (Fsp3) is 0.400. The minimum absolute atomic E-state index is 0.0173. The molecular weight excluding hydrogens is 274 g/mol. The van der Waals surface area contributed by atoms with Crippen molar-refractivity contribution in [2.75, 3.05) is 0 Å². The maximum Gasteiger partial charge on any atom is 0.305 e. The Balaban J connectivity index is 0.000000677. The molecule has 1 saturated carbocycles. The average molecular weight is 293 g/mol. The molecule has 1 amide bonds. The van der Waals surface area contributed by atoms with E-state index < -0.39 is 12.0 Å². The SMILES string of the molecule is O=C(O)CC(NC(=O)C1CCC1)c1ccccc1.O=CO. The van der Waals surface area contributed by atoms with Crippen molar-refractivity contribution in [3.63, 3.8) is 0 Å². The first-order valence-electron chi connectivity index (χ1n) is 6.73. The zero-order valence-electron chi connectivity index (χ0n) is 11.6. The van der Waals surface area contributed by atoms with E-state index in [0.717, 1.165) is 24.8 Å². The quantitative estimate of drug-likeness (QED) is 0.718. The fourth-order valence-corrected chi connectivity index (χ4v) is 2.07. The van der Waals surface area contributed by atoms with Gasteiger partial charge in [-0.05, 0) is 18.4 Å². The molecule has 0 heterocycles. The Morgan fingerprint density at radius 3 is 2.29 bits per heavy atom. The summed E-state index contributed by atoms with van der Waals surface area (Å²) in [7, 11) is 0. The van der Waals surface area contributed by atoms with E-state index >= 15 is 0 Å². The molecule has 1 fully saturated rings. The minimum Gasteiger partial charge on any atom is -0.483 e. The summed E-state index contributed by atoms with van der Waals surface area (Å²) in [6, 6.07) is 8.81. The monoisotopic (exact) mass is 293 g/mol. The number of hydrogen-bond acceptors (Lipinski definition) is 3. The van der Waals surface area contributed by atoms with Gasteiger partial charge in [-0.2, -0.15) is 0 Å². The smallest absolute Gasteiger partial charge is 0.305 e. The van der Waals surface area contributed by atoms with E-state index in [1.165, 1.54) is 0 Å². The standard InChI is InChI=1S/C14H17NO3.CH2O2/c16-13(17)9-12(10-5-2-1-3-6-10)15-14(18)11-7-4-8-11;2-1-3/h1-3,5-6,11-12H,4,7-9H2,(H,15,18)(H,16,17);1H,(H,2,3). The third-order valence-corrected chi connectivity index (χ3v) is 3.37. The maximum absolute atomic E-state index is 11.9. The van der Waals surface area contributed by atoms with Gasteiger partial charge in [0.2, 0.25) is 5.91 Å². The lowest BCUT2D eigenvalue weighted by Crippen LogP contribution is -2.37. The van der Waals surface area contributed by atoms with Crippen LogP contribution in [0.2, 0.25) is 0 Å². The lowest BCUT2D eigenvalue weighted by molar-refractivity contribution is -0.138. The molecule has 6 nitrogen and oxygen atoms in total. The van der Waals surface area contributed by atoms with Crippen molar-refractivity contribution in [3.05, 3.63) is 35.9 Å². The van der Waals surface area contributed by atoms with Gasteiger partial charge in [0.1, 0.15) is 0 Å². The van der Waals surface area contributed by atoms with Crippen molar-refractivity contribution in [1.82, 2.24) is 5.32 Å². The predicted molar refractivity (Wildman–Crippen MR) is 75.6 cm³/mol. The number of carboxylic acid groups (broad SMARTS) is 2. The second-order valence-electron chi connectivity index (χ2n) is 4.80. The predicted octanol–water partition coefficient (Wildman–Crippen LogP) is 1.82. The number of carbonyl (C=O) groups excluding carboxylic acids is 1. The Kier molecular flexibility index (Phi) is 6.94. The molecule has 1 aliphatic rings. The first kappa shape index (κ1) is 16.7. The van der Waals surface area contributed by atoms with E-state index in [9.17, 15) is 9.59 Å². The van der Waals surface area contributed by atoms with Gasteiger partial charge in [-0.3, -0.25) is 14.4 Å². The molecule has 6 heteroatoms. The van der Waals surface area contributed by atoms with Crippen molar-refractivity contribution in [1.29, 1.82) is 0 Å². The second-order valence-corrected chi connectivity index (χ2v) is 4.80. The first-order valence-corrected chi connectivity index (χ1v) is 6.73. The molecule has 1 aliphatic carbocycles. The van der Waals surface area contributed by atoms with Crippen molar-refractivity contribution in [2.45, 2.75) is 31.7 Å². The number of aliphatic carboxylic acids is 1. The van der Waals surface area contributed by atoms with Crippen LogP contribution in [0.25, 0.3) is 0 Å². The van der Waals surface area contributed by atoms with E-state index in [-0.39, 0.29) is 24.7 Å². The van der Waals surface area contributed by atoms with Crippen molar-refractivity contribution in [2.24, 2.45) is 5.92 Å². The van der Waals surface area contributed by atoms with Crippen LogP contribution in [0.4, 0.5) is 0 Å². The molecule has 114 valence electrons. The van der Waals surface area contributed by atoms with Gasteiger partial charge < -0.3 is 15.5 Å². The van der Waals surface area contributed by atoms with Gasteiger partial charge in [0.05, 0.1) is 12.5 Å². The van der Waals surface area contributed by atoms with Gasteiger partial charge >= 0.3 is 5.97 Å². The molecule has 0 bridgehead atoms. The van der Waals surface area contributed by atoms with E-state index in [0.29, 0.717) is 0 Å². The molecule has 1 unspecified atom stereocenters. The summed E-state index contributed by atoms with van der Waals surface area (Å²) in [4.78, 5) is 31.1. The van der Waals surface area contributed by atoms with Crippen LogP contribution >= 0.6 is 0 Å².